The summed E-state index contributed by atoms with van der Waals surface area (Å²) < 4.78 is 18.7. The molecule has 4 nitrogen and oxygen atoms in total. The highest BCUT2D eigenvalue weighted by molar-refractivity contribution is 9.10. The number of carbonyl (C=O) groups is 2. The van der Waals surface area contributed by atoms with E-state index >= 15 is 0 Å². The number of halogens is 2. The van der Waals surface area contributed by atoms with E-state index in [0.29, 0.717) is 11.3 Å². The maximum absolute atomic E-state index is 13.0. The maximum atomic E-state index is 13.0. The molecule has 0 unspecified atom stereocenters. The average Bonchev–Trinajstić information content (AvgIpc) is 2.48. The second-order valence-electron chi connectivity index (χ2n) is 4.52. The van der Waals surface area contributed by atoms with E-state index in [1.54, 1.807) is 30.3 Å². The van der Waals surface area contributed by atoms with Crippen LogP contribution in [0.2, 0.25) is 0 Å². The Hall–Kier alpha value is -2.21. The fraction of sp³-hybridized carbons (Fsp3) is 0.125. The first-order valence-corrected chi connectivity index (χ1v) is 7.28. The third kappa shape index (κ3) is 5.29. The molecule has 0 aromatic heterocycles. The summed E-state index contributed by atoms with van der Waals surface area (Å²) in [7, 11) is 0. The van der Waals surface area contributed by atoms with Crippen LogP contribution < -0.4 is 5.32 Å². The Bertz CT molecular complexity index is 673. The molecule has 0 fully saturated rings. The Morgan fingerprint density at radius 3 is 2.55 bits per heavy atom. The first-order chi connectivity index (χ1) is 10.5. The zero-order chi connectivity index (χ0) is 15.9. The number of anilines is 1. The second kappa shape index (κ2) is 7.70. The predicted octanol–water partition coefficient (Wildman–Crippen LogP) is 3.31. The molecule has 2 aromatic carbocycles. The monoisotopic (exact) mass is 365 g/mol. The highest BCUT2D eigenvalue weighted by Gasteiger charge is 2.09. The molecule has 0 aliphatic heterocycles. The number of esters is 1. The number of nitrogens with one attached hydrogen (secondary N) is 1. The molecular weight excluding hydrogens is 353 g/mol. The van der Waals surface area contributed by atoms with Gasteiger partial charge in [-0.15, -0.1) is 0 Å². The van der Waals surface area contributed by atoms with Gasteiger partial charge in [-0.2, -0.15) is 0 Å². The highest BCUT2D eigenvalue weighted by Crippen LogP contribution is 2.14. The van der Waals surface area contributed by atoms with E-state index in [1.165, 1.54) is 18.2 Å². The summed E-state index contributed by atoms with van der Waals surface area (Å²) in [5, 5.41) is 2.60. The van der Waals surface area contributed by atoms with Gasteiger partial charge < -0.3 is 10.1 Å². The van der Waals surface area contributed by atoms with Gasteiger partial charge in [0.15, 0.2) is 6.61 Å². The molecule has 0 radical (unpaired) electrons. The number of carbonyl (C=O) groups excluding carboxylic acids is 2. The first kappa shape index (κ1) is 16.2. The number of rotatable bonds is 5. The molecule has 1 amide bonds. The van der Waals surface area contributed by atoms with Crippen molar-refractivity contribution in [1.82, 2.24) is 0 Å². The third-order valence-corrected chi connectivity index (χ3v) is 3.26. The summed E-state index contributed by atoms with van der Waals surface area (Å²) in [6.07, 6.45) is -0.0800. The Balaban J connectivity index is 1.78. The lowest BCUT2D eigenvalue weighted by atomic mass is 10.1. The minimum absolute atomic E-state index is 0.0800. The molecule has 0 aliphatic carbocycles. The summed E-state index contributed by atoms with van der Waals surface area (Å²) in [6, 6.07) is 12.7. The summed E-state index contributed by atoms with van der Waals surface area (Å²) in [4.78, 5) is 23.2. The fourth-order valence-electron chi connectivity index (χ4n) is 1.74. The molecule has 0 heterocycles. The molecule has 0 spiro atoms. The summed E-state index contributed by atoms with van der Waals surface area (Å²) in [6.45, 7) is -0.385. The summed E-state index contributed by atoms with van der Waals surface area (Å²) >= 11 is 3.29. The van der Waals surface area contributed by atoms with E-state index in [1.807, 2.05) is 0 Å². The van der Waals surface area contributed by atoms with E-state index in [2.05, 4.69) is 21.2 Å². The van der Waals surface area contributed by atoms with Gasteiger partial charge in [-0.25, -0.2) is 4.39 Å². The molecular formula is C16H13BrFNO3. The van der Waals surface area contributed by atoms with Crippen LogP contribution in [0.25, 0.3) is 0 Å². The van der Waals surface area contributed by atoms with Crippen molar-refractivity contribution in [2.24, 2.45) is 0 Å². The van der Waals surface area contributed by atoms with Crippen molar-refractivity contribution in [3.05, 3.63) is 64.4 Å². The standard InChI is InChI=1S/C16H13BrFNO3/c17-12-4-6-14(7-5-12)19-15(20)10-22-16(21)9-11-2-1-3-13(18)8-11/h1-8H,9-10H2,(H,19,20). The number of benzene rings is 2. The molecule has 2 rings (SSSR count). The van der Waals surface area contributed by atoms with Crippen LogP contribution in [0.5, 0.6) is 0 Å². The van der Waals surface area contributed by atoms with Crippen molar-refractivity contribution in [2.45, 2.75) is 6.42 Å². The fourth-order valence-corrected chi connectivity index (χ4v) is 2.01. The first-order valence-electron chi connectivity index (χ1n) is 6.48. The number of amides is 1. The van der Waals surface area contributed by atoms with E-state index in [-0.39, 0.29) is 13.0 Å². The van der Waals surface area contributed by atoms with Crippen molar-refractivity contribution in [3.8, 4) is 0 Å². The third-order valence-electron chi connectivity index (χ3n) is 2.73. The zero-order valence-electron chi connectivity index (χ0n) is 11.5. The van der Waals surface area contributed by atoms with Crippen molar-refractivity contribution in [2.75, 3.05) is 11.9 Å². The van der Waals surface area contributed by atoms with Crippen LogP contribution in [-0.4, -0.2) is 18.5 Å². The lowest BCUT2D eigenvalue weighted by molar-refractivity contribution is -0.146. The van der Waals surface area contributed by atoms with E-state index in [9.17, 15) is 14.0 Å². The SMILES string of the molecule is O=C(COC(=O)Cc1cccc(F)c1)Nc1ccc(Br)cc1. The number of hydrogen-bond donors (Lipinski definition) is 1. The molecule has 0 aliphatic rings. The molecule has 0 atom stereocenters. The zero-order valence-corrected chi connectivity index (χ0v) is 13.1. The largest absolute Gasteiger partial charge is 0.455 e. The molecule has 22 heavy (non-hydrogen) atoms. The summed E-state index contributed by atoms with van der Waals surface area (Å²) in [5.41, 5.74) is 1.10. The van der Waals surface area contributed by atoms with Crippen LogP contribution in [0.4, 0.5) is 10.1 Å². The van der Waals surface area contributed by atoms with Gasteiger partial charge >= 0.3 is 5.97 Å². The van der Waals surface area contributed by atoms with Crippen molar-refractivity contribution >= 4 is 33.5 Å². The molecule has 0 bridgehead atoms. The van der Waals surface area contributed by atoms with Crippen LogP contribution in [0, 0.1) is 5.82 Å². The van der Waals surface area contributed by atoms with E-state index in [4.69, 9.17) is 4.74 Å². The molecule has 0 saturated heterocycles. The van der Waals surface area contributed by atoms with Crippen LogP contribution in [-0.2, 0) is 20.7 Å². The molecule has 1 N–H and O–H groups in total. The predicted molar refractivity (Wildman–Crippen MR) is 83.8 cm³/mol. The smallest absolute Gasteiger partial charge is 0.310 e. The van der Waals surface area contributed by atoms with Gasteiger partial charge in [-0.3, -0.25) is 9.59 Å². The van der Waals surface area contributed by atoms with Gasteiger partial charge in [0, 0.05) is 10.2 Å². The van der Waals surface area contributed by atoms with Crippen molar-refractivity contribution < 1.29 is 18.7 Å². The van der Waals surface area contributed by atoms with Gasteiger partial charge in [0.2, 0.25) is 0 Å². The number of hydrogen-bond acceptors (Lipinski definition) is 3. The van der Waals surface area contributed by atoms with Crippen LogP contribution in [0.15, 0.2) is 53.0 Å². The lowest BCUT2D eigenvalue weighted by Gasteiger charge is -2.07. The highest BCUT2D eigenvalue weighted by atomic mass is 79.9. The molecule has 6 heteroatoms. The van der Waals surface area contributed by atoms with Crippen molar-refractivity contribution in [3.63, 3.8) is 0 Å². The Labute approximate surface area is 135 Å². The Kier molecular flexibility index (Phi) is 5.66. The van der Waals surface area contributed by atoms with Crippen LogP contribution in [0.3, 0.4) is 0 Å². The van der Waals surface area contributed by atoms with E-state index < -0.39 is 17.7 Å². The van der Waals surface area contributed by atoms with Crippen LogP contribution >= 0.6 is 15.9 Å². The van der Waals surface area contributed by atoms with Gasteiger partial charge in [-0.1, -0.05) is 28.1 Å². The maximum Gasteiger partial charge on any atom is 0.310 e. The van der Waals surface area contributed by atoms with Gasteiger partial charge in [0.25, 0.3) is 5.91 Å². The normalized spacial score (nSPS) is 10.1. The van der Waals surface area contributed by atoms with E-state index in [0.717, 1.165) is 4.47 Å². The van der Waals surface area contributed by atoms with Gasteiger partial charge in [-0.05, 0) is 42.0 Å². The lowest BCUT2D eigenvalue weighted by Crippen LogP contribution is -2.21. The minimum Gasteiger partial charge on any atom is -0.455 e. The molecule has 2 aromatic rings. The number of ether oxygens (including phenoxy) is 1. The molecule has 114 valence electrons. The summed E-state index contributed by atoms with van der Waals surface area (Å²) in [5.74, 6) is -1.44. The van der Waals surface area contributed by atoms with Gasteiger partial charge in [0.05, 0.1) is 6.42 Å². The van der Waals surface area contributed by atoms with Gasteiger partial charge in [0.1, 0.15) is 5.82 Å². The quantitative estimate of drug-likeness (QED) is 0.827. The topological polar surface area (TPSA) is 55.4 Å². The Morgan fingerprint density at radius 2 is 1.86 bits per heavy atom. The molecule has 0 saturated carbocycles. The van der Waals surface area contributed by atoms with Crippen molar-refractivity contribution in [1.29, 1.82) is 0 Å². The average molecular weight is 366 g/mol. The van der Waals surface area contributed by atoms with Crippen LogP contribution in [0.1, 0.15) is 5.56 Å². The second-order valence-corrected chi connectivity index (χ2v) is 5.44. The minimum atomic E-state index is -0.587. The Morgan fingerprint density at radius 1 is 1.14 bits per heavy atom.